The third kappa shape index (κ3) is 2.79. The first kappa shape index (κ1) is 14.9. The van der Waals surface area contributed by atoms with Crippen molar-refractivity contribution in [2.24, 2.45) is 0 Å². The van der Waals surface area contributed by atoms with Gasteiger partial charge in [0.1, 0.15) is 11.3 Å². The minimum Gasteiger partial charge on any atom is -0.370 e. The van der Waals surface area contributed by atoms with Gasteiger partial charge in [0, 0.05) is 50.0 Å². The molecule has 0 bridgehead atoms. The van der Waals surface area contributed by atoms with E-state index in [0.29, 0.717) is 0 Å². The predicted octanol–water partition coefficient (Wildman–Crippen LogP) is 2.69. The molecule has 1 N–H and O–H groups in total. The maximum atomic E-state index is 4.71. The van der Waals surface area contributed by atoms with Crippen molar-refractivity contribution in [3.63, 3.8) is 0 Å². The lowest BCUT2D eigenvalue weighted by atomic mass is 10.3. The molecular formula is C18H22N6. The SMILES string of the molecule is Cc1cc(N2CCCN(c3nc(C)nc4cc[nH]c34)CC2)ccn1. The van der Waals surface area contributed by atoms with Crippen molar-refractivity contribution in [1.82, 2.24) is 19.9 Å². The third-order valence-corrected chi connectivity index (χ3v) is 4.54. The van der Waals surface area contributed by atoms with Gasteiger partial charge < -0.3 is 14.8 Å². The number of hydrogen-bond acceptors (Lipinski definition) is 5. The van der Waals surface area contributed by atoms with E-state index in [1.807, 2.05) is 32.3 Å². The van der Waals surface area contributed by atoms with Crippen LogP contribution in [0.5, 0.6) is 0 Å². The van der Waals surface area contributed by atoms with E-state index in [2.05, 4.69) is 36.9 Å². The van der Waals surface area contributed by atoms with Gasteiger partial charge in [-0.3, -0.25) is 4.98 Å². The van der Waals surface area contributed by atoms with Gasteiger partial charge in [0.15, 0.2) is 5.82 Å². The molecule has 4 heterocycles. The van der Waals surface area contributed by atoms with Crippen molar-refractivity contribution < 1.29 is 0 Å². The summed E-state index contributed by atoms with van der Waals surface area (Å²) in [6, 6.07) is 6.27. The molecule has 0 spiro atoms. The van der Waals surface area contributed by atoms with Crippen LogP contribution in [0, 0.1) is 13.8 Å². The maximum Gasteiger partial charge on any atom is 0.156 e. The van der Waals surface area contributed by atoms with Crippen LogP contribution in [0.3, 0.4) is 0 Å². The number of nitrogens with one attached hydrogen (secondary N) is 1. The average Bonchev–Trinajstić information content (AvgIpc) is 2.89. The second-order valence-corrected chi connectivity index (χ2v) is 6.32. The topological polar surface area (TPSA) is 60.9 Å². The highest BCUT2D eigenvalue weighted by molar-refractivity contribution is 5.86. The summed E-state index contributed by atoms with van der Waals surface area (Å²) in [5.74, 6) is 1.85. The van der Waals surface area contributed by atoms with Gasteiger partial charge in [-0.2, -0.15) is 0 Å². The lowest BCUT2D eigenvalue weighted by Gasteiger charge is -2.24. The summed E-state index contributed by atoms with van der Waals surface area (Å²) in [5, 5.41) is 0. The molecule has 4 rings (SSSR count). The Kier molecular flexibility index (Phi) is 3.80. The molecule has 6 nitrogen and oxygen atoms in total. The van der Waals surface area contributed by atoms with E-state index >= 15 is 0 Å². The molecule has 3 aromatic rings. The predicted molar refractivity (Wildman–Crippen MR) is 96.6 cm³/mol. The number of rotatable bonds is 2. The quantitative estimate of drug-likeness (QED) is 0.786. The van der Waals surface area contributed by atoms with Crippen LogP contribution in [0.1, 0.15) is 17.9 Å². The number of pyridine rings is 1. The number of nitrogens with zero attached hydrogens (tertiary/aromatic N) is 5. The van der Waals surface area contributed by atoms with E-state index in [9.17, 15) is 0 Å². The Hall–Kier alpha value is -2.63. The Labute approximate surface area is 141 Å². The van der Waals surface area contributed by atoms with Crippen LogP contribution in [-0.4, -0.2) is 46.1 Å². The first-order chi connectivity index (χ1) is 11.7. The highest BCUT2D eigenvalue weighted by Gasteiger charge is 2.19. The molecule has 24 heavy (non-hydrogen) atoms. The standard InChI is InChI=1S/C18H22N6/c1-13-12-15(4-6-19-13)23-8-3-9-24(11-10-23)18-17-16(5-7-20-17)21-14(2)22-18/h4-7,12,20H,3,8-11H2,1-2H3. The molecule has 0 amide bonds. The third-order valence-electron chi connectivity index (χ3n) is 4.54. The second-order valence-electron chi connectivity index (χ2n) is 6.32. The maximum absolute atomic E-state index is 4.71. The van der Waals surface area contributed by atoms with E-state index in [0.717, 1.165) is 61.0 Å². The summed E-state index contributed by atoms with van der Waals surface area (Å²) < 4.78 is 0. The van der Waals surface area contributed by atoms with Crippen molar-refractivity contribution in [1.29, 1.82) is 0 Å². The van der Waals surface area contributed by atoms with Crippen LogP contribution in [0.2, 0.25) is 0 Å². The van der Waals surface area contributed by atoms with E-state index < -0.39 is 0 Å². The minimum absolute atomic E-state index is 0.822. The van der Waals surface area contributed by atoms with Crippen molar-refractivity contribution >= 4 is 22.5 Å². The highest BCUT2D eigenvalue weighted by Crippen LogP contribution is 2.24. The van der Waals surface area contributed by atoms with Gasteiger partial charge >= 0.3 is 0 Å². The summed E-state index contributed by atoms with van der Waals surface area (Å²) in [5.41, 5.74) is 4.35. The molecule has 124 valence electrons. The Balaban J connectivity index is 1.59. The number of aromatic nitrogens is 4. The van der Waals surface area contributed by atoms with E-state index in [1.165, 1.54) is 5.69 Å². The molecule has 1 saturated heterocycles. The van der Waals surface area contributed by atoms with Crippen LogP contribution in [-0.2, 0) is 0 Å². The fraction of sp³-hybridized carbons (Fsp3) is 0.389. The Morgan fingerprint density at radius 1 is 1.00 bits per heavy atom. The molecule has 0 aromatic carbocycles. The molecule has 0 atom stereocenters. The van der Waals surface area contributed by atoms with Crippen LogP contribution in [0.4, 0.5) is 11.5 Å². The summed E-state index contributed by atoms with van der Waals surface area (Å²) in [7, 11) is 0. The fourth-order valence-corrected chi connectivity index (χ4v) is 3.39. The molecule has 1 aliphatic heterocycles. The van der Waals surface area contributed by atoms with Crippen LogP contribution < -0.4 is 9.80 Å². The van der Waals surface area contributed by atoms with Crippen LogP contribution in [0.15, 0.2) is 30.6 Å². The molecule has 6 heteroatoms. The van der Waals surface area contributed by atoms with E-state index in [4.69, 9.17) is 4.98 Å². The number of H-pyrrole nitrogens is 1. The van der Waals surface area contributed by atoms with Gasteiger partial charge in [0.2, 0.25) is 0 Å². The fourth-order valence-electron chi connectivity index (χ4n) is 3.39. The number of aryl methyl sites for hydroxylation is 2. The van der Waals surface area contributed by atoms with Crippen molar-refractivity contribution in [2.45, 2.75) is 20.3 Å². The van der Waals surface area contributed by atoms with Crippen molar-refractivity contribution in [2.75, 3.05) is 36.0 Å². The van der Waals surface area contributed by atoms with Gasteiger partial charge in [-0.05, 0) is 38.5 Å². The summed E-state index contributed by atoms with van der Waals surface area (Å²) in [6.45, 7) is 7.99. The van der Waals surface area contributed by atoms with Gasteiger partial charge in [-0.25, -0.2) is 9.97 Å². The Bertz CT molecular complexity index is 856. The Morgan fingerprint density at radius 2 is 1.83 bits per heavy atom. The zero-order chi connectivity index (χ0) is 16.5. The number of anilines is 2. The first-order valence-corrected chi connectivity index (χ1v) is 8.45. The number of aromatic amines is 1. The summed E-state index contributed by atoms with van der Waals surface area (Å²) >= 11 is 0. The zero-order valence-corrected chi connectivity index (χ0v) is 14.2. The van der Waals surface area contributed by atoms with Gasteiger partial charge in [-0.15, -0.1) is 0 Å². The normalized spacial score (nSPS) is 15.8. The molecule has 3 aromatic heterocycles. The Morgan fingerprint density at radius 3 is 2.71 bits per heavy atom. The van der Waals surface area contributed by atoms with Crippen molar-refractivity contribution in [3.05, 3.63) is 42.1 Å². The zero-order valence-electron chi connectivity index (χ0n) is 14.2. The molecule has 0 unspecified atom stereocenters. The lowest BCUT2D eigenvalue weighted by Crippen LogP contribution is -2.31. The smallest absolute Gasteiger partial charge is 0.156 e. The van der Waals surface area contributed by atoms with Gasteiger partial charge in [0.25, 0.3) is 0 Å². The second kappa shape index (κ2) is 6.11. The molecule has 1 aliphatic rings. The highest BCUT2D eigenvalue weighted by atomic mass is 15.3. The summed E-state index contributed by atoms with van der Waals surface area (Å²) in [6.07, 6.45) is 4.93. The average molecular weight is 322 g/mol. The molecule has 0 radical (unpaired) electrons. The van der Waals surface area contributed by atoms with Gasteiger partial charge in [0.05, 0.1) is 5.52 Å². The number of fused-ring (bicyclic) bond motifs is 1. The molecule has 0 aliphatic carbocycles. The van der Waals surface area contributed by atoms with Crippen molar-refractivity contribution in [3.8, 4) is 0 Å². The first-order valence-electron chi connectivity index (χ1n) is 8.45. The minimum atomic E-state index is 0.822. The van der Waals surface area contributed by atoms with Crippen LogP contribution in [0.25, 0.3) is 11.0 Å². The molecule has 1 fully saturated rings. The summed E-state index contributed by atoms with van der Waals surface area (Å²) in [4.78, 5) is 21.6. The number of hydrogen-bond donors (Lipinski definition) is 1. The van der Waals surface area contributed by atoms with Gasteiger partial charge in [-0.1, -0.05) is 0 Å². The molecule has 0 saturated carbocycles. The van der Waals surface area contributed by atoms with Crippen LogP contribution >= 0.6 is 0 Å². The molecular weight excluding hydrogens is 300 g/mol. The largest absolute Gasteiger partial charge is 0.370 e. The van der Waals surface area contributed by atoms with E-state index in [-0.39, 0.29) is 0 Å². The monoisotopic (exact) mass is 322 g/mol. The lowest BCUT2D eigenvalue weighted by molar-refractivity contribution is 0.796. The van der Waals surface area contributed by atoms with E-state index in [1.54, 1.807) is 0 Å².